The molecule has 0 nitrogen and oxygen atoms in total. The van der Waals surface area contributed by atoms with Crippen LogP contribution in [0.15, 0.2) is 36.5 Å². The van der Waals surface area contributed by atoms with E-state index in [1.54, 1.807) is 0 Å². The molecule has 0 radical (unpaired) electrons. The van der Waals surface area contributed by atoms with Crippen LogP contribution in [0, 0.1) is 12.2 Å². The third-order valence-electron chi connectivity index (χ3n) is 1.17. The van der Waals surface area contributed by atoms with E-state index in [4.69, 9.17) is 0 Å². The van der Waals surface area contributed by atoms with Gasteiger partial charge in [-0.2, -0.15) is 12.2 Å². The van der Waals surface area contributed by atoms with Crippen LogP contribution in [0.4, 0.5) is 0 Å². The summed E-state index contributed by atoms with van der Waals surface area (Å²) >= 11 is 2.08. The van der Waals surface area contributed by atoms with Crippen molar-refractivity contribution in [3.63, 3.8) is 0 Å². The van der Waals surface area contributed by atoms with Gasteiger partial charge in [-0.15, -0.1) is 12.8 Å². The van der Waals surface area contributed by atoms with E-state index in [2.05, 4.69) is 58.1 Å². The van der Waals surface area contributed by atoms with Gasteiger partial charge < -0.3 is 13.8 Å². The maximum absolute atomic E-state index is 2.99. The van der Waals surface area contributed by atoms with Crippen molar-refractivity contribution in [2.24, 2.45) is 0 Å². The molecule has 2 aliphatic rings. The summed E-state index contributed by atoms with van der Waals surface area (Å²) in [4.78, 5) is 0. The van der Waals surface area contributed by atoms with E-state index >= 15 is 0 Å². The fraction of sp³-hybridized carbons (Fsp3) is 0.308. The molecule has 0 unspecified atom stereocenters. The van der Waals surface area contributed by atoms with Crippen LogP contribution in [0.3, 0.4) is 0 Å². The average molecular weight is 257 g/mol. The normalized spacial score (nSPS) is 13.6. The summed E-state index contributed by atoms with van der Waals surface area (Å²) in [5, 5.41) is 0. The summed E-state index contributed by atoms with van der Waals surface area (Å²) in [5.74, 6) is 0. The van der Waals surface area contributed by atoms with E-state index in [1.165, 1.54) is 3.81 Å². The first kappa shape index (κ1) is 17.2. The zero-order valence-corrected chi connectivity index (χ0v) is 11.6. The zero-order chi connectivity index (χ0) is 10.6. The number of hydrogen-bond acceptors (Lipinski definition) is 0. The van der Waals surface area contributed by atoms with E-state index in [1.807, 2.05) is 24.3 Å². The Morgan fingerprint density at radius 1 is 1.07 bits per heavy atom. The molecule has 82 valence electrons. The third kappa shape index (κ3) is 20.0. The first-order chi connectivity index (χ1) is 6.73. The predicted octanol–water partition coefficient (Wildman–Crippen LogP) is 0.473. The van der Waals surface area contributed by atoms with E-state index < -0.39 is 0 Å². The topological polar surface area (TPSA) is 0 Å². The van der Waals surface area contributed by atoms with Crippen molar-refractivity contribution >= 4 is 3.81 Å². The zero-order valence-electron chi connectivity index (χ0n) is 10.3. The van der Waals surface area contributed by atoms with Gasteiger partial charge in [-0.25, -0.2) is 24.3 Å². The summed E-state index contributed by atoms with van der Waals surface area (Å²) in [7, 11) is 0. The molecular weight excluding hydrogens is 239 g/mol. The van der Waals surface area contributed by atoms with Crippen molar-refractivity contribution in [3.8, 4) is 0 Å². The van der Waals surface area contributed by atoms with Gasteiger partial charge in [-0.1, -0.05) is 0 Å². The molecule has 0 N–H and O–H groups in total. The molecule has 0 atom stereocenters. The quantitative estimate of drug-likeness (QED) is 0.437. The minimum Gasteiger partial charge on any atom is -1.00 e. The van der Waals surface area contributed by atoms with Gasteiger partial charge in [0.15, 0.2) is 0 Å². The fourth-order valence-electron chi connectivity index (χ4n) is 0.680. The van der Waals surface area contributed by atoms with Gasteiger partial charge in [-0.3, -0.25) is 12.2 Å². The molecule has 0 aromatic rings. The molecular formula is C13H17ClTi-2. The number of hydrogen-bond donors (Lipinski definition) is 0. The molecule has 2 heteroatoms. The average Bonchev–Trinajstić information content (AvgIpc) is 2.83. The van der Waals surface area contributed by atoms with Crippen LogP contribution in [0.25, 0.3) is 0 Å². The van der Waals surface area contributed by atoms with Gasteiger partial charge in [0.25, 0.3) is 0 Å². The second kappa shape index (κ2) is 13.8. The van der Waals surface area contributed by atoms with Gasteiger partial charge in [0.2, 0.25) is 0 Å². The van der Waals surface area contributed by atoms with E-state index in [0.29, 0.717) is 0 Å². The Morgan fingerprint density at radius 3 is 1.47 bits per heavy atom. The van der Waals surface area contributed by atoms with E-state index in [9.17, 15) is 0 Å². The van der Waals surface area contributed by atoms with Crippen molar-refractivity contribution in [2.75, 3.05) is 0 Å². The van der Waals surface area contributed by atoms with Gasteiger partial charge in [-0.05, 0) is 0 Å². The van der Waals surface area contributed by atoms with Gasteiger partial charge >= 0.3 is 37.6 Å². The predicted molar refractivity (Wildman–Crippen MR) is 60.6 cm³/mol. The molecule has 0 fully saturated rings. The largest absolute Gasteiger partial charge is 1.00 e. The molecule has 2 aliphatic carbocycles. The fourth-order valence-corrected chi connectivity index (χ4v) is 0.680. The van der Waals surface area contributed by atoms with E-state index in [-0.39, 0.29) is 13.8 Å². The van der Waals surface area contributed by atoms with Gasteiger partial charge in [0, 0.05) is 0 Å². The minimum absolute atomic E-state index is 0. The summed E-state index contributed by atoms with van der Waals surface area (Å²) in [6.07, 6.45) is 20.0. The van der Waals surface area contributed by atoms with Crippen LogP contribution in [-0.2, 0) is 20.0 Å². The van der Waals surface area contributed by atoms with Crippen LogP contribution < -0.4 is 12.4 Å². The maximum atomic E-state index is 2.99. The third-order valence-corrected chi connectivity index (χ3v) is 1.17. The second-order valence-corrected chi connectivity index (χ2v) is 4.57. The van der Waals surface area contributed by atoms with Gasteiger partial charge in [0.1, 0.15) is 0 Å². The number of allylic oxidation sites excluding steroid dienone is 8. The van der Waals surface area contributed by atoms with Crippen molar-refractivity contribution < 1.29 is 33.8 Å². The van der Waals surface area contributed by atoms with Crippen LogP contribution in [0.1, 0.15) is 28.1 Å². The molecule has 0 saturated carbocycles. The standard InChI is InChI=1S/2C5H5.C3H6.ClH.Ti.H/c2*1-2-4-5-3-1;1-3-2;;;/h2*1-3H,4H2;1-2H3;1H;;/q2*-1;;;+2;-1/p-1. The Kier molecular flexibility index (Phi) is 15.9. The minimum atomic E-state index is 0. The summed E-state index contributed by atoms with van der Waals surface area (Å²) in [5.41, 5.74) is 0. The van der Waals surface area contributed by atoms with Crippen molar-refractivity contribution in [1.82, 2.24) is 0 Å². The second-order valence-electron chi connectivity index (χ2n) is 3.01. The van der Waals surface area contributed by atoms with Crippen LogP contribution >= 0.6 is 0 Å². The SMILES string of the molecule is C[C](C)=[Ti+2].[C-]1=CC=CC1.[C-]1=CC=CC1.[Cl-].[H-]. The van der Waals surface area contributed by atoms with Crippen molar-refractivity contribution in [1.29, 1.82) is 0 Å². The molecule has 0 aromatic heterocycles. The smallest absolute Gasteiger partial charge is 0.109 e. The van der Waals surface area contributed by atoms with Crippen LogP contribution in [-0.4, -0.2) is 3.81 Å². The molecule has 0 bridgehead atoms. The monoisotopic (exact) mass is 256 g/mol. The molecule has 0 aliphatic heterocycles. The van der Waals surface area contributed by atoms with E-state index in [0.717, 1.165) is 12.8 Å². The van der Waals surface area contributed by atoms with Crippen LogP contribution in [0.5, 0.6) is 0 Å². The molecule has 0 aromatic carbocycles. The summed E-state index contributed by atoms with van der Waals surface area (Å²) in [6.45, 7) is 4.17. The molecule has 0 spiro atoms. The molecule has 2 rings (SSSR count). The van der Waals surface area contributed by atoms with Crippen molar-refractivity contribution in [3.05, 3.63) is 48.6 Å². The Labute approximate surface area is 113 Å². The summed E-state index contributed by atoms with van der Waals surface area (Å²) in [6, 6.07) is 0. The molecule has 0 heterocycles. The Bertz CT molecular complexity index is 219. The first-order valence-electron chi connectivity index (χ1n) is 4.68. The Balaban J connectivity index is -0.000000151. The van der Waals surface area contributed by atoms with Gasteiger partial charge in [0.05, 0.1) is 0 Å². The molecule has 15 heavy (non-hydrogen) atoms. The molecule has 0 amide bonds. The van der Waals surface area contributed by atoms with Crippen LogP contribution in [0.2, 0.25) is 0 Å². The Morgan fingerprint density at radius 2 is 1.40 bits per heavy atom. The molecule has 0 saturated heterocycles. The first-order valence-corrected chi connectivity index (χ1v) is 5.47. The maximum Gasteiger partial charge on any atom is -0.109 e. The number of rotatable bonds is 0. The summed E-state index contributed by atoms with van der Waals surface area (Å²) < 4.78 is 1.42. The number of halogens is 1. The van der Waals surface area contributed by atoms with Crippen molar-refractivity contribution in [2.45, 2.75) is 26.7 Å². The Hall–Kier alpha value is -0.166.